The number of aliphatic hydroxyl groups is 1. The third kappa shape index (κ3) is 5.30. The zero-order valence-electron chi connectivity index (χ0n) is 18.4. The van der Waals surface area contributed by atoms with Crippen LogP contribution in [0.3, 0.4) is 0 Å². The molecule has 0 aliphatic rings. The standard InChI is InChI=1S/C23H30O7/c1-7-8-15-10-20(27-4)23(21(11-15)28-5)30-17(14-24)9-16-12-18(25-2)22(29-6)19(13-16)26-3/h7-8,10-13,17,24H,9,14H2,1-6H3/b8-7+. The van der Waals surface area contributed by atoms with Gasteiger partial charge in [0.1, 0.15) is 6.10 Å². The lowest BCUT2D eigenvalue weighted by atomic mass is 10.1. The number of ether oxygens (including phenoxy) is 6. The summed E-state index contributed by atoms with van der Waals surface area (Å²) >= 11 is 0. The topological polar surface area (TPSA) is 75.6 Å². The molecule has 7 nitrogen and oxygen atoms in total. The summed E-state index contributed by atoms with van der Waals surface area (Å²) in [6.07, 6.45) is 3.71. The first-order valence-electron chi connectivity index (χ1n) is 9.50. The van der Waals surface area contributed by atoms with Crippen molar-refractivity contribution in [3.8, 4) is 34.5 Å². The van der Waals surface area contributed by atoms with E-state index < -0.39 is 6.10 Å². The van der Waals surface area contributed by atoms with Crippen LogP contribution in [0.4, 0.5) is 0 Å². The van der Waals surface area contributed by atoms with Crippen LogP contribution >= 0.6 is 0 Å². The first-order chi connectivity index (χ1) is 14.5. The Balaban J connectivity index is 2.36. The fourth-order valence-corrected chi connectivity index (χ4v) is 3.13. The summed E-state index contributed by atoms with van der Waals surface area (Å²) in [4.78, 5) is 0. The molecule has 2 rings (SSSR count). The second-order valence-electron chi connectivity index (χ2n) is 6.41. The van der Waals surface area contributed by atoms with Crippen LogP contribution in [0.15, 0.2) is 30.3 Å². The highest BCUT2D eigenvalue weighted by molar-refractivity contribution is 5.62. The SMILES string of the molecule is C/C=C/c1cc(OC)c(OC(CO)Cc2cc(OC)c(OC)c(OC)c2)c(OC)c1. The number of hydrogen-bond donors (Lipinski definition) is 1. The fourth-order valence-electron chi connectivity index (χ4n) is 3.13. The normalized spacial score (nSPS) is 11.8. The molecule has 0 spiro atoms. The van der Waals surface area contributed by atoms with Crippen molar-refractivity contribution < 1.29 is 33.5 Å². The van der Waals surface area contributed by atoms with E-state index in [1.807, 2.05) is 43.3 Å². The molecule has 164 valence electrons. The average Bonchev–Trinajstić information content (AvgIpc) is 2.78. The van der Waals surface area contributed by atoms with Crippen LogP contribution in [0.2, 0.25) is 0 Å². The zero-order valence-corrected chi connectivity index (χ0v) is 18.4. The van der Waals surface area contributed by atoms with Crippen molar-refractivity contribution in [3.05, 3.63) is 41.5 Å². The Labute approximate surface area is 177 Å². The maximum atomic E-state index is 9.96. The van der Waals surface area contributed by atoms with Crippen molar-refractivity contribution in [1.82, 2.24) is 0 Å². The Morgan fingerprint density at radius 1 is 0.767 bits per heavy atom. The molecule has 1 unspecified atom stereocenters. The van der Waals surface area contributed by atoms with Crippen LogP contribution < -0.4 is 28.4 Å². The molecule has 0 saturated heterocycles. The predicted molar refractivity (Wildman–Crippen MR) is 116 cm³/mol. The smallest absolute Gasteiger partial charge is 0.203 e. The van der Waals surface area contributed by atoms with Crippen LogP contribution in [0.5, 0.6) is 34.5 Å². The molecule has 0 aliphatic heterocycles. The lowest BCUT2D eigenvalue weighted by molar-refractivity contribution is 0.109. The number of benzene rings is 2. The molecule has 0 saturated carbocycles. The summed E-state index contributed by atoms with van der Waals surface area (Å²) in [5.74, 6) is 3.05. The minimum Gasteiger partial charge on any atom is -0.493 e. The minimum atomic E-state index is -0.553. The van der Waals surface area contributed by atoms with E-state index in [1.165, 1.54) is 0 Å². The molecular formula is C23H30O7. The van der Waals surface area contributed by atoms with E-state index in [4.69, 9.17) is 28.4 Å². The Morgan fingerprint density at radius 2 is 1.27 bits per heavy atom. The molecule has 0 bridgehead atoms. The van der Waals surface area contributed by atoms with Crippen LogP contribution in [-0.2, 0) is 6.42 Å². The van der Waals surface area contributed by atoms with E-state index in [2.05, 4.69) is 0 Å². The zero-order chi connectivity index (χ0) is 22.1. The van der Waals surface area contributed by atoms with Crippen molar-refractivity contribution in [2.75, 3.05) is 42.2 Å². The number of rotatable bonds is 11. The Hall–Kier alpha value is -3.06. The summed E-state index contributed by atoms with van der Waals surface area (Å²) in [5.41, 5.74) is 1.77. The summed E-state index contributed by atoms with van der Waals surface area (Å²) in [6, 6.07) is 7.37. The van der Waals surface area contributed by atoms with Crippen molar-refractivity contribution in [2.24, 2.45) is 0 Å². The van der Waals surface area contributed by atoms with Crippen LogP contribution in [0.25, 0.3) is 6.08 Å². The van der Waals surface area contributed by atoms with Gasteiger partial charge in [-0.1, -0.05) is 12.2 Å². The maximum Gasteiger partial charge on any atom is 0.203 e. The molecular weight excluding hydrogens is 388 g/mol. The third-order valence-electron chi connectivity index (χ3n) is 4.52. The number of aliphatic hydroxyl groups excluding tert-OH is 1. The van der Waals surface area contributed by atoms with Gasteiger partial charge in [0.2, 0.25) is 11.5 Å². The van der Waals surface area contributed by atoms with Crippen LogP contribution in [-0.4, -0.2) is 53.4 Å². The molecule has 7 heteroatoms. The molecule has 1 N–H and O–H groups in total. The Bertz CT molecular complexity index is 811. The van der Waals surface area contributed by atoms with Crippen molar-refractivity contribution in [2.45, 2.75) is 19.4 Å². The molecule has 0 fully saturated rings. The van der Waals surface area contributed by atoms with Gasteiger partial charge in [0.05, 0.1) is 42.2 Å². The highest BCUT2D eigenvalue weighted by atomic mass is 16.5. The third-order valence-corrected chi connectivity index (χ3v) is 4.52. The Morgan fingerprint density at radius 3 is 1.67 bits per heavy atom. The molecule has 2 aromatic carbocycles. The molecule has 0 amide bonds. The highest BCUT2D eigenvalue weighted by Gasteiger charge is 2.21. The van der Waals surface area contributed by atoms with Gasteiger partial charge in [0.25, 0.3) is 0 Å². The number of methoxy groups -OCH3 is 5. The molecule has 2 aromatic rings. The van der Waals surface area contributed by atoms with Crippen LogP contribution in [0.1, 0.15) is 18.1 Å². The Kier molecular flexibility index (Phi) is 8.68. The van der Waals surface area contributed by atoms with Crippen molar-refractivity contribution in [1.29, 1.82) is 0 Å². The van der Waals surface area contributed by atoms with Gasteiger partial charge in [-0.2, -0.15) is 0 Å². The lowest BCUT2D eigenvalue weighted by Gasteiger charge is -2.22. The summed E-state index contributed by atoms with van der Waals surface area (Å²) in [7, 11) is 7.80. The van der Waals surface area contributed by atoms with Gasteiger partial charge in [-0.15, -0.1) is 0 Å². The molecule has 0 heterocycles. The highest BCUT2D eigenvalue weighted by Crippen LogP contribution is 2.41. The van der Waals surface area contributed by atoms with E-state index in [-0.39, 0.29) is 6.61 Å². The van der Waals surface area contributed by atoms with Crippen molar-refractivity contribution >= 4 is 6.08 Å². The van der Waals surface area contributed by atoms with E-state index >= 15 is 0 Å². The van der Waals surface area contributed by atoms with Gasteiger partial charge in [-0.3, -0.25) is 0 Å². The summed E-state index contributed by atoms with van der Waals surface area (Å²) in [5, 5.41) is 9.96. The summed E-state index contributed by atoms with van der Waals surface area (Å²) in [6.45, 7) is 1.72. The quantitative estimate of drug-likeness (QED) is 0.596. The van der Waals surface area contributed by atoms with Gasteiger partial charge in [-0.25, -0.2) is 0 Å². The van der Waals surface area contributed by atoms with Crippen LogP contribution in [0, 0.1) is 0 Å². The van der Waals surface area contributed by atoms with Gasteiger partial charge < -0.3 is 33.5 Å². The minimum absolute atomic E-state index is 0.209. The number of allylic oxidation sites excluding steroid dienone is 1. The number of hydrogen-bond acceptors (Lipinski definition) is 7. The van der Waals surface area contributed by atoms with Crippen molar-refractivity contribution in [3.63, 3.8) is 0 Å². The molecule has 1 atom stereocenters. The molecule has 0 aliphatic carbocycles. The molecule has 0 radical (unpaired) electrons. The fraction of sp³-hybridized carbons (Fsp3) is 0.391. The largest absolute Gasteiger partial charge is 0.493 e. The maximum absolute atomic E-state index is 9.96. The molecule has 30 heavy (non-hydrogen) atoms. The van der Waals surface area contributed by atoms with Gasteiger partial charge >= 0.3 is 0 Å². The van der Waals surface area contributed by atoms with E-state index in [9.17, 15) is 5.11 Å². The second-order valence-corrected chi connectivity index (χ2v) is 6.41. The first kappa shape index (κ1) is 23.2. The monoisotopic (exact) mass is 418 g/mol. The molecule has 0 aromatic heterocycles. The second kappa shape index (κ2) is 11.2. The average molecular weight is 418 g/mol. The summed E-state index contributed by atoms with van der Waals surface area (Å²) < 4.78 is 33.3. The van der Waals surface area contributed by atoms with Gasteiger partial charge in [0.15, 0.2) is 23.0 Å². The van der Waals surface area contributed by atoms with E-state index in [1.54, 1.807) is 35.5 Å². The lowest BCUT2D eigenvalue weighted by Crippen LogP contribution is -2.24. The first-order valence-corrected chi connectivity index (χ1v) is 9.50. The van der Waals surface area contributed by atoms with E-state index in [0.717, 1.165) is 11.1 Å². The predicted octanol–water partition coefficient (Wildman–Crippen LogP) is 3.75. The van der Waals surface area contributed by atoms with Gasteiger partial charge in [0, 0.05) is 6.42 Å². The van der Waals surface area contributed by atoms with Gasteiger partial charge in [-0.05, 0) is 42.3 Å². The van der Waals surface area contributed by atoms with E-state index in [0.29, 0.717) is 40.9 Å².